The Balaban J connectivity index is 1.91. The number of rotatable bonds is 5. The van der Waals surface area contributed by atoms with Crippen molar-refractivity contribution in [3.8, 4) is 16.9 Å². The van der Waals surface area contributed by atoms with E-state index in [1.165, 1.54) is 36.2 Å². The number of aromatic nitrogens is 1. The minimum absolute atomic E-state index is 0.0708. The van der Waals surface area contributed by atoms with Crippen LogP contribution >= 0.6 is 11.3 Å². The van der Waals surface area contributed by atoms with Gasteiger partial charge in [-0.1, -0.05) is 44.0 Å². The van der Waals surface area contributed by atoms with Gasteiger partial charge >= 0.3 is 0 Å². The van der Waals surface area contributed by atoms with Crippen LogP contribution in [0.25, 0.3) is 32.1 Å². The number of H-pyrrole nitrogens is 1. The Morgan fingerprint density at radius 2 is 1.89 bits per heavy atom. The fourth-order valence-electron chi connectivity index (χ4n) is 3.79. The number of phenols is 1. The molecule has 0 bridgehead atoms. The fourth-order valence-corrected chi connectivity index (χ4v) is 4.59. The molecule has 27 heavy (non-hydrogen) atoms. The van der Waals surface area contributed by atoms with Gasteiger partial charge in [0, 0.05) is 16.3 Å². The summed E-state index contributed by atoms with van der Waals surface area (Å²) >= 11 is 1.43. The number of aromatic amines is 1. The van der Waals surface area contributed by atoms with Gasteiger partial charge in [-0.25, -0.2) is 0 Å². The summed E-state index contributed by atoms with van der Waals surface area (Å²) < 4.78 is 0.699. The predicted octanol–water partition coefficient (Wildman–Crippen LogP) is 6.16. The number of phenolic OH excluding ortho intramolecular Hbond substituents is 1. The molecule has 0 fully saturated rings. The second-order valence-corrected chi connectivity index (χ2v) is 8.03. The van der Waals surface area contributed by atoms with E-state index in [2.05, 4.69) is 36.2 Å². The van der Waals surface area contributed by atoms with E-state index in [0.717, 1.165) is 39.4 Å². The Morgan fingerprint density at radius 1 is 1.11 bits per heavy atom. The average molecular weight is 378 g/mol. The molecule has 0 unspecified atom stereocenters. The Morgan fingerprint density at radius 3 is 2.63 bits per heavy atom. The van der Waals surface area contributed by atoms with E-state index in [1.807, 2.05) is 18.4 Å². The van der Waals surface area contributed by atoms with Crippen LogP contribution < -0.4 is 5.56 Å². The number of unbranched alkanes of at least 4 members (excludes halogenated alkanes) is 2. The van der Waals surface area contributed by atoms with Gasteiger partial charge < -0.3 is 10.1 Å². The van der Waals surface area contributed by atoms with Gasteiger partial charge in [0.2, 0.25) is 0 Å². The lowest BCUT2D eigenvalue weighted by Gasteiger charge is -2.13. The van der Waals surface area contributed by atoms with E-state index in [1.54, 1.807) is 6.07 Å². The van der Waals surface area contributed by atoms with Gasteiger partial charge in [-0.3, -0.25) is 4.79 Å². The topological polar surface area (TPSA) is 53.1 Å². The molecule has 4 heteroatoms. The van der Waals surface area contributed by atoms with Crippen molar-refractivity contribution in [2.75, 3.05) is 0 Å². The summed E-state index contributed by atoms with van der Waals surface area (Å²) in [5.41, 5.74) is 4.67. The van der Waals surface area contributed by atoms with Crippen molar-refractivity contribution in [2.24, 2.45) is 0 Å². The molecule has 2 heterocycles. The molecule has 0 spiro atoms. The molecule has 2 N–H and O–H groups in total. The number of hydrogen-bond acceptors (Lipinski definition) is 3. The third-order valence-electron chi connectivity index (χ3n) is 5.19. The van der Waals surface area contributed by atoms with Crippen molar-refractivity contribution < 1.29 is 5.11 Å². The molecule has 4 rings (SSSR count). The van der Waals surface area contributed by atoms with Crippen LogP contribution in [0.4, 0.5) is 0 Å². The highest BCUT2D eigenvalue weighted by molar-refractivity contribution is 7.17. The van der Waals surface area contributed by atoms with Crippen molar-refractivity contribution in [3.05, 3.63) is 63.3 Å². The van der Waals surface area contributed by atoms with Gasteiger partial charge in [0.05, 0.1) is 5.52 Å². The maximum Gasteiger partial charge on any atom is 0.266 e. The van der Waals surface area contributed by atoms with Crippen molar-refractivity contribution >= 4 is 32.3 Å². The molecular formula is C23H23NO2S. The fraction of sp³-hybridized carbons (Fsp3) is 0.261. The zero-order valence-electron chi connectivity index (χ0n) is 15.6. The second-order valence-electron chi connectivity index (χ2n) is 7.11. The molecule has 2 aromatic heterocycles. The largest absolute Gasteiger partial charge is 0.507 e. The molecule has 0 amide bonds. The molecule has 0 radical (unpaired) electrons. The van der Waals surface area contributed by atoms with E-state index < -0.39 is 0 Å². The van der Waals surface area contributed by atoms with Gasteiger partial charge in [0.1, 0.15) is 10.4 Å². The van der Waals surface area contributed by atoms with Crippen LogP contribution in [0.2, 0.25) is 0 Å². The Hall–Kier alpha value is -2.59. The maximum atomic E-state index is 12.4. The van der Waals surface area contributed by atoms with E-state index >= 15 is 0 Å². The average Bonchev–Trinajstić information content (AvgIpc) is 3.15. The standard InChI is InChI=1S/C23H23NO2S/c1-3-4-5-6-15-7-9-16(10-8-15)19-18(25)13-14(2)21-20(19)17-11-12-27-22(17)23(26)24-21/h7-13,25H,3-6H2,1-2H3,(H,24,26). The first-order chi connectivity index (χ1) is 13.1. The van der Waals surface area contributed by atoms with Gasteiger partial charge in [0.25, 0.3) is 5.56 Å². The van der Waals surface area contributed by atoms with Crippen LogP contribution in [0.3, 0.4) is 0 Å². The zero-order valence-corrected chi connectivity index (χ0v) is 16.5. The SMILES string of the molecule is CCCCCc1ccc(-c2c(O)cc(C)c3[nH]c(=O)c4sccc4c23)cc1. The van der Waals surface area contributed by atoms with Gasteiger partial charge in [0.15, 0.2) is 0 Å². The minimum atomic E-state index is -0.0708. The number of pyridine rings is 1. The van der Waals surface area contributed by atoms with Crippen LogP contribution in [0.15, 0.2) is 46.6 Å². The van der Waals surface area contributed by atoms with Crippen LogP contribution in [0, 0.1) is 6.92 Å². The highest BCUT2D eigenvalue weighted by Gasteiger charge is 2.17. The Bertz CT molecular complexity index is 1170. The van der Waals surface area contributed by atoms with Crippen LogP contribution in [0.5, 0.6) is 5.75 Å². The summed E-state index contributed by atoms with van der Waals surface area (Å²) in [7, 11) is 0. The lowest BCUT2D eigenvalue weighted by Crippen LogP contribution is -2.05. The van der Waals surface area contributed by atoms with E-state index in [4.69, 9.17) is 0 Å². The number of aromatic hydroxyl groups is 1. The summed E-state index contributed by atoms with van der Waals surface area (Å²) in [6.45, 7) is 4.13. The third kappa shape index (κ3) is 3.15. The van der Waals surface area contributed by atoms with Crippen molar-refractivity contribution in [1.29, 1.82) is 0 Å². The molecule has 4 aromatic rings. The van der Waals surface area contributed by atoms with Crippen LogP contribution in [0.1, 0.15) is 37.3 Å². The molecule has 2 aromatic carbocycles. The minimum Gasteiger partial charge on any atom is -0.507 e. The van der Waals surface area contributed by atoms with Crippen LogP contribution in [-0.2, 0) is 6.42 Å². The normalized spacial score (nSPS) is 11.5. The Labute approximate surface area is 162 Å². The molecule has 0 saturated carbocycles. The predicted molar refractivity (Wildman–Crippen MR) is 115 cm³/mol. The molecule has 0 aliphatic heterocycles. The van der Waals surface area contributed by atoms with Gasteiger partial charge in [-0.15, -0.1) is 11.3 Å². The number of benzene rings is 2. The lowest BCUT2D eigenvalue weighted by atomic mass is 9.94. The van der Waals surface area contributed by atoms with Crippen molar-refractivity contribution in [2.45, 2.75) is 39.5 Å². The summed E-state index contributed by atoms with van der Waals surface area (Å²) in [4.78, 5) is 15.4. The summed E-state index contributed by atoms with van der Waals surface area (Å²) in [6.07, 6.45) is 4.74. The third-order valence-corrected chi connectivity index (χ3v) is 6.11. The van der Waals surface area contributed by atoms with Crippen molar-refractivity contribution in [1.82, 2.24) is 4.98 Å². The number of fused-ring (bicyclic) bond motifs is 3. The summed E-state index contributed by atoms with van der Waals surface area (Å²) in [6, 6.07) is 12.2. The second kappa shape index (κ2) is 7.20. The summed E-state index contributed by atoms with van der Waals surface area (Å²) in [5.74, 6) is 0.248. The smallest absolute Gasteiger partial charge is 0.266 e. The highest BCUT2D eigenvalue weighted by Crippen LogP contribution is 2.41. The van der Waals surface area contributed by atoms with E-state index in [-0.39, 0.29) is 11.3 Å². The molecule has 138 valence electrons. The first-order valence-electron chi connectivity index (χ1n) is 9.45. The number of thiophene rings is 1. The quantitative estimate of drug-likeness (QED) is 0.409. The van der Waals surface area contributed by atoms with E-state index in [9.17, 15) is 9.90 Å². The zero-order chi connectivity index (χ0) is 19.0. The number of hydrogen-bond donors (Lipinski definition) is 2. The van der Waals surface area contributed by atoms with E-state index in [0.29, 0.717) is 4.70 Å². The molecular weight excluding hydrogens is 354 g/mol. The molecule has 0 saturated heterocycles. The maximum absolute atomic E-state index is 12.4. The van der Waals surface area contributed by atoms with Crippen LogP contribution in [-0.4, -0.2) is 10.1 Å². The molecule has 3 nitrogen and oxygen atoms in total. The highest BCUT2D eigenvalue weighted by atomic mass is 32.1. The van der Waals surface area contributed by atoms with Crippen molar-refractivity contribution in [3.63, 3.8) is 0 Å². The lowest BCUT2D eigenvalue weighted by molar-refractivity contribution is 0.477. The summed E-state index contributed by atoms with van der Waals surface area (Å²) in [5, 5.41) is 14.5. The first-order valence-corrected chi connectivity index (χ1v) is 10.3. The molecule has 0 aliphatic rings. The number of aryl methyl sites for hydroxylation is 2. The molecule has 0 atom stereocenters. The van der Waals surface area contributed by atoms with Gasteiger partial charge in [-0.2, -0.15) is 0 Å². The van der Waals surface area contributed by atoms with Gasteiger partial charge in [-0.05, 0) is 54.0 Å². The Kier molecular flexibility index (Phi) is 4.75. The monoisotopic (exact) mass is 377 g/mol. The first kappa shape index (κ1) is 17.8. The molecule has 0 aliphatic carbocycles. The number of nitrogens with one attached hydrogen (secondary N) is 1.